The summed E-state index contributed by atoms with van der Waals surface area (Å²) in [6.07, 6.45) is 7.30. The molecular formula is C20H34O2. The fourth-order valence-corrected chi connectivity index (χ4v) is 5.45. The van der Waals surface area contributed by atoms with Gasteiger partial charge in [0.2, 0.25) is 0 Å². The maximum absolute atomic E-state index is 13.0. The molecule has 3 fully saturated rings. The third kappa shape index (κ3) is 2.24. The van der Waals surface area contributed by atoms with E-state index in [4.69, 9.17) is 4.74 Å². The number of hydrogen-bond donors (Lipinski definition) is 0. The van der Waals surface area contributed by atoms with E-state index in [9.17, 15) is 4.79 Å². The lowest BCUT2D eigenvalue weighted by Crippen LogP contribution is -2.49. The third-order valence-corrected chi connectivity index (χ3v) is 7.48. The lowest BCUT2D eigenvalue weighted by molar-refractivity contribution is -0.181. The van der Waals surface area contributed by atoms with E-state index in [1.165, 1.54) is 19.3 Å². The molecule has 0 radical (unpaired) electrons. The summed E-state index contributed by atoms with van der Waals surface area (Å²) in [4.78, 5) is 13.0. The Hall–Kier alpha value is -0.530. The van der Waals surface area contributed by atoms with E-state index in [2.05, 4.69) is 41.5 Å². The molecule has 22 heavy (non-hydrogen) atoms. The Morgan fingerprint density at radius 2 is 1.86 bits per heavy atom. The Morgan fingerprint density at radius 3 is 2.36 bits per heavy atom. The molecule has 0 aliphatic heterocycles. The van der Waals surface area contributed by atoms with Crippen LogP contribution in [0, 0.1) is 34.0 Å². The van der Waals surface area contributed by atoms with Crippen LogP contribution in [0.25, 0.3) is 0 Å². The van der Waals surface area contributed by atoms with Gasteiger partial charge >= 0.3 is 5.97 Å². The summed E-state index contributed by atoms with van der Waals surface area (Å²) in [6, 6.07) is 0. The first kappa shape index (κ1) is 16.3. The fraction of sp³-hybridized carbons (Fsp3) is 0.950. The van der Waals surface area contributed by atoms with E-state index in [1.807, 2.05) is 0 Å². The van der Waals surface area contributed by atoms with Gasteiger partial charge in [-0.2, -0.15) is 0 Å². The molecule has 0 aromatic heterocycles. The number of carbonyl (C=O) groups excluding carboxylic acids is 1. The molecule has 0 N–H and O–H groups in total. The van der Waals surface area contributed by atoms with Gasteiger partial charge in [-0.1, -0.05) is 41.0 Å². The average Bonchev–Trinajstić information content (AvgIpc) is 2.90. The normalized spacial score (nSPS) is 42.5. The van der Waals surface area contributed by atoms with E-state index >= 15 is 0 Å². The van der Waals surface area contributed by atoms with Crippen LogP contribution in [0.15, 0.2) is 0 Å². The Kier molecular flexibility index (Phi) is 3.70. The minimum atomic E-state index is -0.373. The molecule has 0 bridgehead atoms. The Bertz CT molecular complexity index is 463. The molecule has 1 spiro atoms. The van der Waals surface area contributed by atoms with E-state index in [0.29, 0.717) is 17.3 Å². The van der Waals surface area contributed by atoms with Crippen molar-refractivity contribution in [3.8, 4) is 0 Å². The summed E-state index contributed by atoms with van der Waals surface area (Å²) in [5, 5.41) is 0. The number of ether oxygens (including phenoxy) is 1. The highest BCUT2D eigenvalue weighted by atomic mass is 16.5. The Balaban J connectivity index is 1.72. The molecule has 6 unspecified atom stereocenters. The largest absolute Gasteiger partial charge is 0.462 e. The van der Waals surface area contributed by atoms with Gasteiger partial charge in [-0.05, 0) is 61.7 Å². The Morgan fingerprint density at radius 1 is 1.18 bits per heavy atom. The van der Waals surface area contributed by atoms with Gasteiger partial charge < -0.3 is 4.74 Å². The molecule has 0 aromatic carbocycles. The van der Waals surface area contributed by atoms with Crippen molar-refractivity contribution in [1.29, 1.82) is 0 Å². The molecule has 0 aromatic rings. The van der Waals surface area contributed by atoms with Crippen LogP contribution >= 0.6 is 0 Å². The van der Waals surface area contributed by atoms with Crippen molar-refractivity contribution in [1.82, 2.24) is 0 Å². The summed E-state index contributed by atoms with van der Waals surface area (Å²) in [5.41, 5.74) is 0.160. The average molecular weight is 306 g/mol. The maximum atomic E-state index is 13.0. The van der Waals surface area contributed by atoms with Gasteiger partial charge in [0.1, 0.15) is 6.10 Å². The molecule has 3 aliphatic carbocycles. The highest BCUT2D eigenvalue weighted by Crippen LogP contribution is 2.77. The standard InChI is InChI=1S/C20H34O2/c1-7-8-19(6,18(3,4)5)17(21)22-16-9-13(2)11-20-12-14(20)10-15(16)20/h13-16H,7-12H2,1-6H3. The van der Waals surface area contributed by atoms with E-state index in [0.717, 1.165) is 25.2 Å². The van der Waals surface area contributed by atoms with E-state index in [1.54, 1.807) is 0 Å². The van der Waals surface area contributed by atoms with Gasteiger partial charge in [-0.25, -0.2) is 0 Å². The first-order chi connectivity index (χ1) is 10.1. The van der Waals surface area contributed by atoms with E-state index < -0.39 is 0 Å². The topological polar surface area (TPSA) is 26.3 Å². The van der Waals surface area contributed by atoms with Gasteiger partial charge in [0.05, 0.1) is 5.41 Å². The van der Waals surface area contributed by atoms with Crippen molar-refractivity contribution >= 4 is 5.97 Å². The second kappa shape index (κ2) is 4.98. The molecule has 0 heterocycles. The molecule has 2 nitrogen and oxygen atoms in total. The summed E-state index contributed by atoms with van der Waals surface area (Å²) in [6.45, 7) is 13.1. The maximum Gasteiger partial charge on any atom is 0.312 e. The summed E-state index contributed by atoms with van der Waals surface area (Å²) >= 11 is 0. The Labute approximate surface area is 136 Å². The minimum Gasteiger partial charge on any atom is -0.462 e. The molecule has 126 valence electrons. The highest BCUT2D eigenvalue weighted by Gasteiger charge is 2.71. The second-order valence-electron chi connectivity index (χ2n) is 9.80. The van der Waals surface area contributed by atoms with Crippen LogP contribution in [-0.4, -0.2) is 12.1 Å². The lowest BCUT2D eigenvalue weighted by Gasteiger charge is -2.49. The van der Waals surface area contributed by atoms with Crippen LogP contribution in [-0.2, 0) is 9.53 Å². The first-order valence-corrected chi connectivity index (χ1v) is 9.35. The molecule has 3 rings (SSSR count). The van der Waals surface area contributed by atoms with Crippen molar-refractivity contribution < 1.29 is 9.53 Å². The molecule has 0 saturated heterocycles. The fourth-order valence-electron chi connectivity index (χ4n) is 5.45. The monoisotopic (exact) mass is 306 g/mol. The highest BCUT2D eigenvalue weighted by molar-refractivity contribution is 5.77. The van der Waals surface area contributed by atoms with Crippen molar-refractivity contribution in [2.45, 2.75) is 86.2 Å². The zero-order valence-electron chi connectivity index (χ0n) is 15.4. The first-order valence-electron chi connectivity index (χ1n) is 9.35. The predicted molar refractivity (Wildman–Crippen MR) is 89.4 cm³/mol. The number of rotatable bonds is 4. The van der Waals surface area contributed by atoms with Gasteiger partial charge in [0.25, 0.3) is 0 Å². The van der Waals surface area contributed by atoms with Gasteiger partial charge in [0.15, 0.2) is 0 Å². The zero-order chi connectivity index (χ0) is 16.3. The third-order valence-electron chi connectivity index (χ3n) is 7.48. The smallest absolute Gasteiger partial charge is 0.312 e. The van der Waals surface area contributed by atoms with Crippen molar-refractivity contribution in [2.75, 3.05) is 0 Å². The van der Waals surface area contributed by atoms with Crippen LogP contribution in [0.4, 0.5) is 0 Å². The molecule has 0 amide bonds. The van der Waals surface area contributed by atoms with Crippen LogP contribution in [0.1, 0.15) is 80.1 Å². The molecule has 6 atom stereocenters. The van der Waals surface area contributed by atoms with Crippen molar-refractivity contribution in [3.05, 3.63) is 0 Å². The van der Waals surface area contributed by atoms with Crippen LogP contribution in [0.5, 0.6) is 0 Å². The molecule has 2 heteroatoms. The SMILES string of the molecule is CCCC(C)(C(=O)OC1CC(C)CC23CC2CC13)C(C)(C)C. The van der Waals surface area contributed by atoms with Crippen molar-refractivity contribution in [2.24, 2.45) is 34.0 Å². The second-order valence-corrected chi connectivity index (χ2v) is 9.80. The summed E-state index contributed by atoms with van der Waals surface area (Å²) < 4.78 is 6.19. The zero-order valence-corrected chi connectivity index (χ0v) is 15.4. The van der Waals surface area contributed by atoms with Gasteiger partial charge in [-0.3, -0.25) is 4.79 Å². The summed E-state index contributed by atoms with van der Waals surface area (Å²) in [5.74, 6) is 2.40. The van der Waals surface area contributed by atoms with Crippen molar-refractivity contribution in [3.63, 3.8) is 0 Å². The van der Waals surface area contributed by atoms with E-state index in [-0.39, 0.29) is 22.9 Å². The molecule has 3 aliphatic rings. The predicted octanol–water partition coefficient (Wildman–Crippen LogP) is 5.21. The number of carbonyl (C=O) groups is 1. The minimum absolute atomic E-state index is 0.0557. The lowest BCUT2D eigenvalue weighted by atomic mass is 9.60. The van der Waals surface area contributed by atoms with Gasteiger partial charge in [0, 0.05) is 5.92 Å². The van der Waals surface area contributed by atoms with Gasteiger partial charge in [-0.15, -0.1) is 0 Å². The van der Waals surface area contributed by atoms with Crippen LogP contribution in [0.3, 0.4) is 0 Å². The quantitative estimate of drug-likeness (QED) is 0.667. The van der Waals surface area contributed by atoms with Crippen LogP contribution in [0.2, 0.25) is 0 Å². The number of hydrogen-bond acceptors (Lipinski definition) is 2. The summed E-state index contributed by atoms with van der Waals surface area (Å²) in [7, 11) is 0. The molecule has 3 saturated carbocycles. The number of esters is 1. The van der Waals surface area contributed by atoms with Crippen LogP contribution < -0.4 is 0 Å². The molecular weight excluding hydrogens is 272 g/mol.